The predicted molar refractivity (Wildman–Crippen MR) is 83.9 cm³/mol. The van der Waals surface area contributed by atoms with Crippen LogP contribution in [0.1, 0.15) is 10.4 Å². The zero-order valence-electron chi connectivity index (χ0n) is 11.0. The Bertz CT molecular complexity index is 706. The van der Waals surface area contributed by atoms with Crippen LogP contribution in [0.25, 0.3) is 0 Å². The van der Waals surface area contributed by atoms with Crippen molar-refractivity contribution in [1.29, 1.82) is 0 Å². The molecule has 110 valence electrons. The van der Waals surface area contributed by atoms with Crippen LogP contribution in [-0.2, 0) is 7.05 Å². The average Bonchev–Trinajstić information content (AvgIpc) is 2.85. The number of halogens is 2. The maximum absolute atomic E-state index is 12.7. The third kappa shape index (κ3) is 2.42. The molecule has 0 atom stereocenters. The number of carbonyl (C=O) groups excluding carboxylic acids is 1. The first-order valence-corrected chi connectivity index (χ1v) is 7.72. The summed E-state index contributed by atoms with van der Waals surface area (Å²) < 4.78 is 8.04. The van der Waals surface area contributed by atoms with Crippen molar-refractivity contribution in [3.05, 3.63) is 32.8 Å². The molecule has 0 fully saturated rings. The number of aromatic hydroxyl groups is 1. The summed E-state index contributed by atoms with van der Waals surface area (Å²) in [4.78, 5) is 14.3. The lowest BCUT2D eigenvalue weighted by atomic mass is 10.1. The van der Waals surface area contributed by atoms with Gasteiger partial charge < -0.3 is 9.84 Å². The molecule has 1 aromatic heterocycles. The van der Waals surface area contributed by atoms with E-state index in [0.717, 1.165) is 0 Å². The highest BCUT2D eigenvalue weighted by Gasteiger charge is 2.28. The monoisotopic (exact) mass is 415 g/mol. The molecule has 8 heteroatoms. The number of ether oxygens (including phenoxy) is 1. The van der Waals surface area contributed by atoms with E-state index in [4.69, 9.17) is 4.74 Å². The van der Waals surface area contributed by atoms with E-state index < -0.39 is 0 Å². The van der Waals surface area contributed by atoms with Crippen LogP contribution >= 0.6 is 31.9 Å². The molecule has 0 unspecified atom stereocenters. The molecule has 2 aromatic rings. The molecule has 0 saturated heterocycles. The molecule has 1 amide bonds. The van der Waals surface area contributed by atoms with Crippen LogP contribution in [0.4, 0.5) is 5.69 Å². The molecule has 21 heavy (non-hydrogen) atoms. The van der Waals surface area contributed by atoms with Gasteiger partial charge in [0.1, 0.15) is 18.0 Å². The van der Waals surface area contributed by atoms with Crippen molar-refractivity contribution in [3.8, 4) is 11.6 Å². The zero-order chi connectivity index (χ0) is 15.1. The van der Waals surface area contributed by atoms with Crippen LogP contribution < -0.4 is 9.64 Å². The van der Waals surface area contributed by atoms with Gasteiger partial charge in [-0.1, -0.05) is 0 Å². The Kier molecular flexibility index (Phi) is 3.66. The SMILES string of the molecule is Cn1ncc2c1OCCN2C(=O)c1cc(Br)c(O)c(Br)c1. The van der Waals surface area contributed by atoms with Crippen molar-refractivity contribution in [1.82, 2.24) is 9.78 Å². The number of anilines is 1. The third-order valence-corrected chi connectivity index (χ3v) is 4.43. The summed E-state index contributed by atoms with van der Waals surface area (Å²) in [5.41, 5.74) is 1.11. The van der Waals surface area contributed by atoms with Gasteiger partial charge in [0, 0.05) is 12.6 Å². The van der Waals surface area contributed by atoms with Crippen LogP contribution in [-0.4, -0.2) is 33.9 Å². The summed E-state index contributed by atoms with van der Waals surface area (Å²) in [5, 5.41) is 13.8. The van der Waals surface area contributed by atoms with E-state index in [0.29, 0.717) is 39.2 Å². The van der Waals surface area contributed by atoms with Crippen LogP contribution in [0.2, 0.25) is 0 Å². The number of hydrogen-bond acceptors (Lipinski definition) is 4. The maximum Gasteiger partial charge on any atom is 0.258 e. The van der Waals surface area contributed by atoms with Crippen LogP contribution in [0, 0.1) is 0 Å². The zero-order valence-corrected chi connectivity index (χ0v) is 14.2. The minimum Gasteiger partial charge on any atom is -0.506 e. The quantitative estimate of drug-likeness (QED) is 0.775. The van der Waals surface area contributed by atoms with Gasteiger partial charge in [0.2, 0.25) is 5.88 Å². The molecule has 0 spiro atoms. The standard InChI is InChI=1S/C13H11Br2N3O3/c1-17-13-10(6-16-17)18(2-3-21-13)12(20)7-4-8(14)11(19)9(15)5-7/h4-6,19H,2-3H2,1H3. The Hall–Kier alpha value is -1.54. The van der Waals surface area contributed by atoms with E-state index in [9.17, 15) is 9.90 Å². The highest BCUT2D eigenvalue weighted by atomic mass is 79.9. The number of hydrogen-bond donors (Lipinski definition) is 1. The number of rotatable bonds is 1. The highest BCUT2D eigenvalue weighted by Crippen LogP contribution is 2.36. The Labute approximate surface area is 137 Å². The summed E-state index contributed by atoms with van der Waals surface area (Å²) in [6.07, 6.45) is 1.61. The van der Waals surface area contributed by atoms with Gasteiger partial charge in [-0.3, -0.25) is 9.69 Å². The van der Waals surface area contributed by atoms with Crippen molar-refractivity contribution in [3.63, 3.8) is 0 Å². The molecule has 6 nitrogen and oxygen atoms in total. The number of phenolic OH excluding ortho intramolecular Hbond substituents is 1. The van der Waals surface area contributed by atoms with Crippen molar-refractivity contribution in [2.45, 2.75) is 0 Å². The number of nitrogens with zero attached hydrogens (tertiary/aromatic N) is 3. The number of fused-ring (bicyclic) bond motifs is 1. The number of aromatic nitrogens is 2. The van der Waals surface area contributed by atoms with Gasteiger partial charge in [-0.15, -0.1) is 0 Å². The van der Waals surface area contributed by atoms with E-state index in [2.05, 4.69) is 37.0 Å². The fraction of sp³-hybridized carbons (Fsp3) is 0.231. The fourth-order valence-electron chi connectivity index (χ4n) is 2.18. The third-order valence-electron chi connectivity index (χ3n) is 3.22. The van der Waals surface area contributed by atoms with E-state index >= 15 is 0 Å². The van der Waals surface area contributed by atoms with E-state index in [-0.39, 0.29) is 11.7 Å². The highest BCUT2D eigenvalue weighted by molar-refractivity contribution is 9.11. The normalized spacial score (nSPS) is 13.8. The molecule has 0 aliphatic carbocycles. The molecule has 0 saturated carbocycles. The van der Waals surface area contributed by atoms with Gasteiger partial charge in [0.25, 0.3) is 5.91 Å². The average molecular weight is 417 g/mol. The fourth-order valence-corrected chi connectivity index (χ4v) is 3.36. The molecule has 2 heterocycles. The topological polar surface area (TPSA) is 67.6 Å². The molecule has 1 aliphatic heterocycles. The van der Waals surface area contributed by atoms with Gasteiger partial charge >= 0.3 is 0 Å². The molecule has 1 N–H and O–H groups in total. The Balaban J connectivity index is 2.00. The number of amides is 1. The van der Waals surface area contributed by atoms with Crippen LogP contribution in [0.3, 0.4) is 0 Å². The minimum absolute atomic E-state index is 0.0654. The summed E-state index contributed by atoms with van der Waals surface area (Å²) in [6.45, 7) is 0.867. The summed E-state index contributed by atoms with van der Waals surface area (Å²) in [6, 6.07) is 3.18. The second-order valence-electron chi connectivity index (χ2n) is 4.55. The molecular formula is C13H11Br2N3O3. The van der Waals surface area contributed by atoms with Gasteiger partial charge in [0.15, 0.2) is 0 Å². The van der Waals surface area contributed by atoms with Crippen LogP contribution in [0.5, 0.6) is 11.6 Å². The summed E-state index contributed by atoms with van der Waals surface area (Å²) in [7, 11) is 1.76. The minimum atomic E-state index is -0.172. The molecule has 0 bridgehead atoms. The molecule has 1 aliphatic rings. The smallest absolute Gasteiger partial charge is 0.258 e. The first-order valence-electron chi connectivity index (χ1n) is 6.13. The lowest BCUT2D eigenvalue weighted by Gasteiger charge is -2.27. The van der Waals surface area contributed by atoms with Gasteiger partial charge in [-0.05, 0) is 44.0 Å². The van der Waals surface area contributed by atoms with Crippen LogP contribution in [0.15, 0.2) is 27.3 Å². The number of aryl methyl sites for hydroxylation is 1. The Morgan fingerprint density at radius 2 is 2.05 bits per heavy atom. The second-order valence-corrected chi connectivity index (χ2v) is 6.26. The van der Waals surface area contributed by atoms with Gasteiger partial charge in [-0.25, -0.2) is 4.68 Å². The van der Waals surface area contributed by atoms with E-state index in [1.54, 1.807) is 35.0 Å². The van der Waals surface area contributed by atoms with Crippen molar-refractivity contribution in [2.24, 2.45) is 7.05 Å². The first-order chi connectivity index (χ1) is 9.99. The largest absolute Gasteiger partial charge is 0.506 e. The maximum atomic E-state index is 12.7. The van der Waals surface area contributed by atoms with Crippen molar-refractivity contribution in [2.75, 3.05) is 18.1 Å². The molecule has 3 rings (SSSR count). The Morgan fingerprint density at radius 3 is 2.71 bits per heavy atom. The second kappa shape index (κ2) is 5.34. The van der Waals surface area contributed by atoms with E-state index in [1.165, 1.54) is 0 Å². The predicted octanol–water partition coefficient (Wildman–Crippen LogP) is 2.69. The Morgan fingerprint density at radius 1 is 1.38 bits per heavy atom. The number of phenols is 1. The lowest BCUT2D eigenvalue weighted by molar-refractivity contribution is 0.0975. The van der Waals surface area contributed by atoms with Crippen molar-refractivity contribution < 1.29 is 14.6 Å². The number of benzene rings is 1. The molecule has 0 radical (unpaired) electrons. The van der Waals surface area contributed by atoms with Crippen molar-refractivity contribution >= 4 is 43.5 Å². The molecular weight excluding hydrogens is 406 g/mol. The first kappa shape index (κ1) is 14.4. The van der Waals surface area contributed by atoms with E-state index in [1.807, 2.05) is 0 Å². The molecule has 1 aromatic carbocycles. The summed E-state index contributed by atoms with van der Waals surface area (Å²) >= 11 is 6.47. The summed E-state index contributed by atoms with van der Waals surface area (Å²) in [5.74, 6) is 0.469. The lowest BCUT2D eigenvalue weighted by Crippen LogP contribution is -2.37. The van der Waals surface area contributed by atoms with Gasteiger partial charge in [-0.2, -0.15) is 5.10 Å². The number of carbonyl (C=O) groups is 1. The van der Waals surface area contributed by atoms with Gasteiger partial charge in [0.05, 0.1) is 21.7 Å².